The van der Waals surface area contributed by atoms with Gasteiger partial charge in [0.1, 0.15) is 5.75 Å². The van der Waals surface area contributed by atoms with Crippen molar-refractivity contribution < 1.29 is 19.1 Å². The van der Waals surface area contributed by atoms with Crippen LogP contribution in [0.25, 0.3) is 0 Å². The predicted octanol–water partition coefficient (Wildman–Crippen LogP) is 1.59. The predicted molar refractivity (Wildman–Crippen MR) is 99.5 cm³/mol. The van der Waals surface area contributed by atoms with Gasteiger partial charge in [0.25, 0.3) is 0 Å². The van der Waals surface area contributed by atoms with Crippen LogP contribution in [0.4, 0.5) is 5.69 Å². The summed E-state index contributed by atoms with van der Waals surface area (Å²) in [6, 6.07) is 5.51. The molecule has 0 saturated carbocycles. The second-order valence-corrected chi connectivity index (χ2v) is 7.98. The van der Waals surface area contributed by atoms with Crippen LogP contribution in [0.3, 0.4) is 0 Å². The third kappa shape index (κ3) is 3.05. The molecule has 1 aromatic rings. The van der Waals surface area contributed by atoms with Crippen LogP contribution in [0.1, 0.15) is 37.2 Å². The molecule has 144 valence electrons. The zero-order valence-corrected chi connectivity index (χ0v) is 15.8. The number of likely N-dealkylation sites (tertiary alicyclic amines) is 2. The lowest BCUT2D eigenvalue weighted by Crippen LogP contribution is -2.46. The van der Waals surface area contributed by atoms with Crippen molar-refractivity contribution in [3.8, 4) is 5.75 Å². The maximum atomic E-state index is 13.2. The Morgan fingerprint density at radius 1 is 1.26 bits per heavy atom. The minimum absolute atomic E-state index is 0.00752. The van der Waals surface area contributed by atoms with Crippen molar-refractivity contribution >= 4 is 23.4 Å². The number of carbonyl (C=O) groups is 3. The molecule has 0 aliphatic carbocycles. The normalized spacial score (nSPS) is 24.0. The maximum absolute atomic E-state index is 13.2. The van der Waals surface area contributed by atoms with Crippen molar-refractivity contribution in [3.05, 3.63) is 23.8 Å². The number of para-hydroxylation sites is 1. The van der Waals surface area contributed by atoms with Gasteiger partial charge in [0.05, 0.1) is 18.7 Å². The van der Waals surface area contributed by atoms with Gasteiger partial charge in [-0.2, -0.15) is 0 Å². The van der Waals surface area contributed by atoms with Crippen molar-refractivity contribution in [1.29, 1.82) is 0 Å². The Bertz CT molecular complexity index is 798. The third-order valence-electron chi connectivity index (χ3n) is 6.27. The first-order chi connectivity index (χ1) is 12.9. The quantitative estimate of drug-likeness (QED) is 0.856. The summed E-state index contributed by atoms with van der Waals surface area (Å²) in [4.78, 5) is 41.0. The highest BCUT2D eigenvalue weighted by Crippen LogP contribution is 2.43. The first-order valence-corrected chi connectivity index (χ1v) is 9.42. The molecule has 3 aliphatic heterocycles. The van der Waals surface area contributed by atoms with Gasteiger partial charge in [0.2, 0.25) is 17.7 Å². The molecule has 7 nitrogen and oxygen atoms in total. The number of fused-ring (bicyclic) bond motifs is 1. The first-order valence-electron chi connectivity index (χ1n) is 9.42. The number of amides is 3. The van der Waals surface area contributed by atoms with E-state index in [9.17, 15) is 14.4 Å². The van der Waals surface area contributed by atoms with Crippen LogP contribution >= 0.6 is 0 Å². The monoisotopic (exact) mass is 371 g/mol. The summed E-state index contributed by atoms with van der Waals surface area (Å²) in [5.74, 6) is 0.114. The second-order valence-electron chi connectivity index (χ2n) is 7.98. The van der Waals surface area contributed by atoms with E-state index >= 15 is 0 Å². The van der Waals surface area contributed by atoms with Gasteiger partial charge < -0.3 is 19.9 Å². The Labute approximate surface area is 158 Å². The Balaban J connectivity index is 1.52. The molecule has 1 spiro atoms. The number of rotatable bonds is 2. The number of methoxy groups -OCH3 is 1. The van der Waals surface area contributed by atoms with E-state index in [1.807, 2.05) is 24.1 Å². The first kappa shape index (κ1) is 17.8. The lowest BCUT2D eigenvalue weighted by atomic mass is 9.77. The third-order valence-corrected chi connectivity index (χ3v) is 6.27. The molecule has 2 fully saturated rings. The van der Waals surface area contributed by atoms with Crippen molar-refractivity contribution in [1.82, 2.24) is 9.80 Å². The molecule has 3 amide bonds. The molecular weight excluding hydrogens is 346 g/mol. The maximum Gasteiger partial charge on any atom is 0.230 e. The Morgan fingerprint density at radius 3 is 2.63 bits per heavy atom. The molecule has 4 rings (SSSR count). The molecule has 0 aromatic heterocycles. The largest absolute Gasteiger partial charge is 0.495 e. The SMILES string of the molecule is COc1cccc2c1NC(=O)C[C@H]2C(=O)N1CCC2(CC1)CC(=O)N(C)C2. The van der Waals surface area contributed by atoms with E-state index in [2.05, 4.69) is 5.32 Å². The molecule has 27 heavy (non-hydrogen) atoms. The van der Waals surface area contributed by atoms with E-state index in [-0.39, 0.29) is 29.6 Å². The lowest BCUT2D eigenvalue weighted by Gasteiger charge is -2.40. The Morgan fingerprint density at radius 2 is 2.00 bits per heavy atom. The number of nitrogens with zero attached hydrogens (tertiary/aromatic N) is 2. The minimum atomic E-state index is -0.481. The van der Waals surface area contributed by atoms with Gasteiger partial charge in [0, 0.05) is 44.9 Å². The fourth-order valence-corrected chi connectivity index (χ4v) is 4.71. The number of piperidine rings is 1. The zero-order valence-electron chi connectivity index (χ0n) is 15.8. The van der Waals surface area contributed by atoms with Crippen LogP contribution in [0, 0.1) is 5.41 Å². The van der Waals surface area contributed by atoms with Crippen molar-refractivity contribution in [2.75, 3.05) is 39.1 Å². The molecule has 0 unspecified atom stereocenters. The van der Waals surface area contributed by atoms with E-state index in [4.69, 9.17) is 4.74 Å². The topological polar surface area (TPSA) is 79.0 Å². The van der Waals surface area contributed by atoms with E-state index in [0.29, 0.717) is 30.9 Å². The van der Waals surface area contributed by atoms with Crippen molar-refractivity contribution in [3.63, 3.8) is 0 Å². The van der Waals surface area contributed by atoms with Gasteiger partial charge in [-0.1, -0.05) is 12.1 Å². The molecule has 2 saturated heterocycles. The van der Waals surface area contributed by atoms with Gasteiger partial charge in [-0.25, -0.2) is 0 Å². The van der Waals surface area contributed by atoms with Crippen molar-refractivity contribution in [2.24, 2.45) is 5.41 Å². The fraction of sp³-hybridized carbons (Fsp3) is 0.550. The van der Waals surface area contributed by atoms with Gasteiger partial charge in [-0.3, -0.25) is 14.4 Å². The minimum Gasteiger partial charge on any atom is -0.495 e. The number of hydrogen-bond acceptors (Lipinski definition) is 4. The molecule has 1 aromatic carbocycles. The van der Waals surface area contributed by atoms with Crippen LogP contribution in [0.15, 0.2) is 18.2 Å². The fourth-order valence-electron chi connectivity index (χ4n) is 4.71. The van der Waals surface area contributed by atoms with Crippen LogP contribution in [0.2, 0.25) is 0 Å². The standard InChI is InChI=1S/C20H25N3O4/c1-22-12-20(11-17(22)25)6-8-23(9-7-20)19(26)14-10-16(24)21-18-13(14)4-3-5-15(18)27-2/h3-5,14H,6-12H2,1-2H3,(H,21,24)/t14-/m1/s1. The van der Waals surface area contributed by atoms with Crippen molar-refractivity contribution in [2.45, 2.75) is 31.6 Å². The van der Waals surface area contributed by atoms with Crippen LogP contribution in [0.5, 0.6) is 5.75 Å². The van der Waals surface area contributed by atoms with E-state index in [1.54, 1.807) is 18.1 Å². The highest BCUT2D eigenvalue weighted by Gasteiger charge is 2.45. The Kier molecular flexibility index (Phi) is 4.32. The van der Waals surface area contributed by atoms with Crippen LogP contribution in [-0.2, 0) is 14.4 Å². The van der Waals surface area contributed by atoms with Gasteiger partial charge in [0.15, 0.2) is 0 Å². The van der Waals surface area contributed by atoms with E-state index in [0.717, 1.165) is 24.9 Å². The van der Waals surface area contributed by atoms with Crippen LogP contribution < -0.4 is 10.1 Å². The average molecular weight is 371 g/mol. The molecular formula is C20H25N3O4. The number of hydrogen-bond donors (Lipinski definition) is 1. The highest BCUT2D eigenvalue weighted by molar-refractivity contribution is 6.02. The van der Waals surface area contributed by atoms with E-state index in [1.165, 1.54) is 0 Å². The summed E-state index contributed by atoms with van der Waals surface area (Å²) in [5, 5.41) is 2.84. The second kappa shape index (κ2) is 6.55. The highest BCUT2D eigenvalue weighted by atomic mass is 16.5. The summed E-state index contributed by atoms with van der Waals surface area (Å²) >= 11 is 0. The smallest absolute Gasteiger partial charge is 0.230 e. The summed E-state index contributed by atoms with van der Waals surface area (Å²) < 4.78 is 5.34. The number of carbonyl (C=O) groups excluding carboxylic acids is 3. The van der Waals surface area contributed by atoms with Gasteiger partial charge in [-0.05, 0) is 24.5 Å². The van der Waals surface area contributed by atoms with Crippen LogP contribution in [-0.4, -0.2) is 61.3 Å². The summed E-state index contributed by atoms with van der Waals surface area (Å²) in [5.41, 5.74) is 1.43. The lowest BCUT2D eigenvalue weighted by molar-refractivity contribution is -0.137. The molecule has 3 aliphatic rings. The van der Waals surface area contributed by atoms with Gasteiger partial charge in [-0.15, -0.1) is 0 Å². The number of ether oxygens (including phenoxy) is 1. The molecule has 3 heterocycles. The zero-order chi connectivity index (χ0) is 19.2. The summed E-state index contributed by atoms with van der Waals surface area (Å²) in [6.07, 6.45) is 2.40. The molecule has 0 radical (unpaired) electrons. The number of anilines is 1. The molecule has 1 atom stereocenters. The molecule has 1 N–H and O–H groups in total. The molecule has 7 heteroatoms. The van der Waals surface area contributed by atoms with Gasteiger partial charge >= 0.3 is 0 Å². The Hall–Kier alpha value is -2.57. The number of benzene rings is 1. The summed E-state index contributed by atoms with van der Waals surface area (Å²) in [6.45, 7) is 2.05. The number of nitrogens with one attached hydrogen (secondary N) is 1. The van der Waals surface area contributed by atoms with E-state index < -0.39 is 5.92 Å². The molecule has 0 bridgehead atoms. The summed E-state index contributed by atoms with van der Waals surface area (Å²) in [7, 11) is 3.40. The average Bonchev–Trinajstić information content (AvgIpc) is 2.93.